The van der Waals surface area contributed by atoms with E-state index in [1.165, 1.54) is 44.5 Å². The summed E-state index contributed by atoms with van der Waals surface area (Å²) in [4.78, 5) is 7.47. The predicted octanol–water partition coefficient (Wildman–Crippen LogP) is 3.74. The molecule has 0 amide bonds. The number of rotatable bonds is 7. The highest BCUT2D eigenvalue weighted by molar-refractivity contribution is 14.0. The second kappa shape index (κ2) is 11.2. The Hall–Kier alpha value is -1.22. The number of fused-ring (bicyclic) bond motifs is 1. The van der Waals surface area contributed by atoms with E-state index in [0.29, 0.717) is 19.4 Å². The van der Waals surface area contributed by atoms with Gasteiger partial charge < -0.3 is 25.0 Å². The Balaban J connectivity index is 0.00000300. The summed E-state index contributed by atoms with van der Waals surface area (Å²) in [5, 5.41) is 7.07. The third kappa shape index (κ3) is 6.64. The molecule has 2 N–H and O–H groups in total. The SMILES string of the molecule is CCCN1CCC(NC(=NCC(C)(C)c2ccc3c(c2)OCO3)NCC)CC1.I. The fourth-order valence-corrected chi connectivity index (χ4v) is 3.82. The average Bonchev–Trinajstić information content (AvgIpc) is 3.16. The van der Waals surface area contributed by atoms with Crippen molar-refractivity contribution >= 4 is 29.9 Å². The lowest BCUT2D eigenvalue weighted by Gasteiger charge is -2.33. The number of benzene rings is 1. The van der Waals surface area contributed by atoms with Crippen molar-refractivity contribution in [1.29, 1.82) is 0 Å². The molecule has 2 aliphatic rings. The Kier molecular flexibility index (Phi) is 9.33. The zero-order chi connectivity index (χ0) is 20.0. The van der Waals surface area contributed by atoms with Gasteiger partial charge in [-0.3, -0.25) is 4.99 Å². The van der Waals surface area contributed by atoms with E-state index in [0.717, 1.165) is 24.0 Å². The van der Waals surface area contributed by atoms with Crippen molar-refractivity contribution in [3.05, 3.63) is 23.8 Å². The van der Waals surface area contributed by atoms with Gasteiger partial charge in [-0.2, -0.15) is 0 Å². The van der Waals surface area contributed by atoms with Gasteiger partial charge in [-0.1, -0.05) is 26.8 Å². The molecule has 6 nitrogen and oxygen atoms in total. The number of hydrogen-bond donors (Lipinski definition) is 2. The van der Waals surface area contributed by atoms with Gasteiger partial charge in [0.2, 0.25) is 6.79 Å². The van der Waals surface area contributed by atoms with Crippen molar-refractivity contribution in [3.63, 3.8) is 0 Å². The largest absolute Gasteiger partial charge is 0.454 e. The monoisotopic (exact) mass is 516 g/mol. The molecule has 0 aromatic heterocycles. The Morgan fingerprint density at radius 3 is 2.59 bits per heavy atom. The predicted molar refractivity (Wildman–Crippen MR) is 130 cm³/mol. The van der Waals surface area contributed by atoms with Gasteiger partial charge in [-0.25, -0.2) is 0 Å². The third-order valence-corrected chi connectivity index (χ3v) is 5.60. The number of aliphatic imine (C=N–C) groups is 1. The van der Waals surface area contributed by atoms with Crippen LogP contribution in [-0.4, -0.2) is 56.4 Å². The molecule has 164 valence electrons. The average molecular weight is 516 g/mol. The molecule has 1 saturated heterocycles. The van der Waals surface area contributed by atoms with Gasteiger partial charge in [-0.15, -0.1) is 24.0 Å². The molecule has 0 unspecified atom stereocenters. The highest BCUT2D eigenvalue weighted by Crippen LogP contribution is 2.36. The first-order valence-electron chi connectivity index (χ1n) is 10.7. The molecule has 3 rings (SSSR count). The summed E-state index contributed by atoms with van der Waals surface area (Å²) in [6.45, 7) is 14.3. The van der Waals surface area contributed by atoms with E-state index in [-0.39, 0.29) is 29.4 Å². The molecule has 2 aliphatic heterocycles. The van der Waals surface area contributed by atoms with Crippen LogP contribution >= 0.6 is 24.0 Å². The molecule has 1 aromatic carbocycles. The molecule has 0 aliphatic carbocycles. The Morgan fingerprint density at radius 1 is 1.17 bits per heavy atom. The van der Waals surface area contributed by atoms with Crippen LogP contribution in [0.15, 0.2) is 23.2 Å². The number of guanidine groups is 1. The lowest BCUT2D eigenvalue weighted by molar-refractivity contribution is 0.174. The van der Waals surface area contributed by atoms with Crippen LogP contribution in [0.3, 0.4) is 0 Å². The lowest BCUT2D eigenvalue weighted by Crippen LogP contribution is -2.49. The normalized spacial score (nSPS) is 17.7. The topological polar surface area (TPSA) is 58.1 Å². The summed E-state index contributed by atoms with van der Waals surface area (Å²) in [7, 11) is 0. The van der Waals surface area contributed by atoms with E-state index >= 15 is 0 Å². The molecule has 29 heavy (non-hydrogen) atoms. The molecule has 1 fully saturated rings. The zero-order valence-corrected chi connectivity index (χ0v) is 20.6. The van der Waals surface area contributed by atoms with Crippen LogP contribution in [0.5, 0.6) is 11.5 Å². The van der Waals surface area contributed by atoms with Gasteiger partial charge in [0.15, 0.2) is 17.5 Å². The van der Waals surface area contributed by atoms with Gasteiger partial charge in [0, 0.05) is 31.1 Å². The van der Waals surface area contributed by atoms with E-state index < -0.39 is 0 Å². The van der Waals surface area contributed by atoms with Crippen molar-refractivity contribution < 1.29 is 9.47 Å². The van der Waals surface area contributed by atoms with Gasteiger partial charge in [0.05, 0.1) is 6.54 Å². The third-order valence-electron chi connectivity index (χ3n) is 5.60. The quantitative estimate of drug-likeness (QED) is 0.329. The summed E-state index contributed by atoms with van der Waals surface area (Å²) in [6, 6.07) is 6.70. The molecular weight excluding hydrogens is 479 g/mol. The van der Waals surface area contributed by atoms with E-state index in [4.69, 9.17) is 14.5 Å². The Morgan fingerprint density at radius 2 is 1.90 bits per heavy atom. The fraction of sp³-hybridized carbons (Fsp3) is 0.682. The van der Waals surface area contributed by atoms with Gasteiger partial charge in [-0.05, 0) is 50.4 Å². The van der Waals surface area contributed by atoms with Crippen LogP contribution in [0, 0.1) is 0 Å². The molecule has 0 bridgehead atoms. The van der Waals surface area contributed by atoms with Gasteiger partial charge in [0.1, 0.15) is 0 Å². The minimum Gasteiger partial charge on any atom is -0.454 e. The van der Waals surface area contributed by atoms with E-state index in [2.05, 4.69) is 55.4 Å². The maximum Gasteiger partial charge on any atom is 0.231 e. The summed E-state index contributed by atoms with van der Waals surface area (Å²) >= 11 is 0. The number of nitrogens with zero attached hydrogens (tertiary/aromatic N) is 2. The van der Waals surface area contributed by atoms with Crippen LogP contribution in [0.2, 0.25) is 0 Å². The minimum absolute atomic E-state index is 0. The van der Waals surface area contributed by atoms with E-state index in [9.17, 15) is 0 Å². The van der Waals surface area contributed by atoms with Crippen molar-refractivity contribution in [3.8, 4) is 11.5 Å². The first-order valence-corrected chi connectivity index (χ1v) is 10.7. The maximum atomic E-state index is 5.54. The standard InChI is InChI=1S/C22H36N4O2.HI/c1-5-11-26-12-9-18(10-13-26)25-21(23-6-2)24-15-22(3,4)17-7-8-19-20(14-17)28-16-27-19;/h7-8,14,18H,5-6,9-13,15-16H2,1-4H3,(H2,23,24,25);1H. The van der Waals surface area contributed by atoms with Gasteiger partial charge >= 0.3 is 0 Å². The molecule has 0 atom stereocenters. The van der Waals surface area contributed by atoms with Gasteiger partial charge in [0.25, 0.3) is 0 Å². The van der Waals surface area contributed by atoms with Crippen LogP contribution in [0.1, 0.15) is 52.5 Å². The Labute approximate surface area is 192 Å². The fourth-order valence-electron chi connectivity index (χ4n) is 3.82. The molecule has 0 spiro atoms. The molecule has 1 aromatic rings. The first kappa shape index (κ1) is 24.1. The second-order valence-corrected chi connectivity index (χ2v) is 8.41. The van der Waals surface area contributed by atoms with Crippen molar-refractivity contribution in [2.24, 2.45) is 4.99 Å². The van der Waals surface area contributed by atoms with Crippen LogP contribution in [0.25, 0.3) is 0 Å². The van der Waals surface area contributed by atoms with Crippen molar-refractivity contribution in [1.82, 2.24) is 15.5 Å². The maximum absolute atomic E-state index is 5.54. The Bertz CT molecular complexity index is 673. The summed E-state index contributed by atoms with van der Waals surface area (Å²) in [5.41, 5.74) is 1.12. The first-order chi connectivity index (χ1) is 13.5. The minimum atomic E-state index is -0.0895. The molecular formula is C22H37IN4O2. The highest BCUT2D eigenvalue weighted by Gasteiger charge is 2.25. The molecule has 0 saturated carbocycles. The number of nitrogens with one attached hydrogen (secondary N) is 2. The van der Waals surface area contributed by atoms with Crippen molar-refractivity contribution in [2.45, 2.75) is 58.4 Å². The highest BCUT2D eigenvalue weighted by atomic mass is 127. The van der Waals surface area contributed by atoms with Crippen LogP contribution in [0.4, 0.5) is 0 Å². The number of ether oxygens (including phenoxy) is 2. The second-order valence-electron chi connectivity index (χ2n) is 8.41. The van der Waals surface area contributed by atoms with E-state index in [1.807, 2.05) is 6.07 Å². The molecule has 2 heterocycles. The van der Waals surface area contributed by atoms with Crippen molar-refractivity contribution in [2.75, 3.05) is 39.5 Å². The van der Waals surface area contributed by atoms with E-state index in [1.54, 1.807) is 0 Å². The zero-order valence-electron chi connectivity index (χ0n) is 18.3. The van der Waals surface area contributed by atoms with Crippen LogP contribution < -0.4 is 20.1 Å². The summed E-state index contributed by atoms with van der Waals surface area (Å²) < 4.78 is 11.0. The molecule has 7 heteroatoms. The number of halogens is 1. The van der Waals surface area contributed by atoms with Crippen LogP contribution in [-0.2, 0) is 5.41 Å². The smallest absolute Gasteiger partial charge is 0.231 e. The molecule has 0 radical (unpaired) electrons. The summed E-state index contributed by atoms with van der Waals surface area (Å²) in [5.74, 6) is 2.58. The summed E-state index contributed by atoms with van der Waals surface area (Å²) in [6.07, 6.45) is 3.59. The number of piperidine rings is 1. The number of hydrogen-bond acceptors (Lipinski definition) is 4. The lowest BCUT2D eigenvalue weighted by atomic mass is 9.84. The number of likely N-dealkylation sites (tertiary alicyclic amines) is 1.